The zero-order valence-corrected chi connectivity index (χ0v) is 11.8. The van der Waals surface area contributed by atoms with Crippen LogP contribution in [0.3, 0.4) is 0 Å². The minimum atomic E-state index is -0.481. The smallest absolute Gasteiger partial charge is 0.358 e. The highest BCUT2D eigenvalue weighted by Crippen LogP contribution is 2.14. The largest absolute Gasteiger partial charge is 0.464 e. The van der Waals surface area contributed by atoms with Gasteiger partial charge in [0.1, 0.15) is 5.82 Å². The van der Waals surface area contributed by atoms with E-state index >= 15 is 0 Å². The number of aryl methyl sites for hydroxylation is 1. The van der Waals surface area contributed by atoms with Gasteiger partial charge in [0.05, 0.1) is 19.5 Å². The summed E-state index contributed by atoms with van der Waals surface area (Å²) in [7, 11) is 3.26. The summed E-state index contributed by atoms with van der Waals surface area (Å²) in [6, 6.07) is 8.20. The van der Waals surface area contributed by atoms with E-state index < -0.39 is 5.97 Å². The van der Waals surface area contributed by atoms with E-state index in [0.717, 1.165) is 6.54 Å². The van der Waals surface area contributed by atoms with Crippen molar-refractivity contribution in [2.45, 2.75) is 13.5 Å². The van der Waals surface area contributed by atoms with Gasteiger partial charge in [0.25, 0.3) is 0 Å². The Balaban J connectivity index is 2.12. The molecule has 0 N–H and O–H groups in total. The van der Waals surface area contributed by atoms with E-state index in [1.165, 1.54) is 24.4 Å². The van der Waals surface area contributed by atoms with Gasteiger partial charge in [-0.2, -0.15) is 0 Å². The lowest BCUT2D eigenvalue weighted by Gasteiger charge is -2.19. The molecule has 5 nitrogen and oxygen atoms in total. The second-order valence-electron chi connectivity index (χ2n) is 4.53. The van der Waals surface area contributed by atoms with Crippen molar-refractivity contribution in [1.29, 1.82) is 0 Å². The number of carbonyl (C=O) groups is 1. The van der Waals surface area contributed by atoms with Crippen LogP contribution in [0.5, 0.6) is 0 Å². The molecule has 1 aromatic heterocycles. The summed E-state index contributed by atoms with van der Waals surface area (Å²) in [5, 5.41) is 0. The fourth-order valence-electron chi connectivity index (χ4n) is 1.85. The average molecular weight is 271 g/mol. The molecule has 0 saturated carbocycles. The van der Waals surface area contributed by atoms with Crippen molar-refractivity contribution in [3.63, 3.8) is 0 Å². The second-order valence-corrected chi connectivity index (χ2v) is 4.53. The molecule has 0 aliphatic heterocycles. The molecule has 2 rings (SSSR count). The minimum absolute atomic E-state index is 0.209. The maximum Gasteiger partial charge on any atom is 0.358 e. The van der Waals surface area contributed by atoms with Crippen molar-refractivity contribution in [2.75, 3.05) is 19.1 Å². The quantitative estimate of drug-likeness (QED) is 0.798. The van der Waals surface area contributed by atoms with Gasteiger partial charge >= 0.3 is 5.97 Å². The predicted octanol–water partition coefficient (Wildman–Crippen LogP) is 2.21. The first-order valence-corrected chi connectivity index (χ1v) is 6.28. The lowest BCUT2D eigenvalue weighted by Crippen LogP contribution is -2.19. The summed E-state index contributed by atoms with van der Waals surface area (Å²) in [5.74, 6) is 0.228. The first-order valence-electron chi connectivity index (χ1n) is 6.28. The molecule has 0 unspecified atom stereocenters. The Hall–Kier alpha value is -2.43. The van der Waals surface area contributed by atoms with Gasteiger partial charge in [-0.1, -0.05) is 24.3 Å². The molecule has 5 heteroatoms. The number of hydrogen-bond acceptors (Lipinski definition) is 5. The molecule has 0 aliphatic carbocycles. The Bertz CT molecular complexity index is 596. The van der Waals surface area contributed by atoms with Gasteiger partial charge in [0.15, 0.2) is 5.69 Å². The normalized spacial score (nSPS) is 10.2. The van der Waals surface area contributed by atoms with Crippen LogP contribution in [-0.2, 0) is 11.3 Å². The molecule has 0 atom stereocenters. The van der Waals surface area contributed by atoms with Gasteiger partial charge < -0.3 is 9.64 Å². The van der Waals surface area contributed by atoms with Crippen LogP contribution in [0.15, 0.2) is 36.7 Å². The number of anilines is 1. The Morgan fingerprint density at radius 1 is 1.25 bits per heavy atom. The van der Waals surface area contributed by atoms with Crippen LogP contribution in [0.1, 0.15) is 21.6 Å². The third kappa shape index (κ3) is 3.12. The van der Waals surface area contributed by atoms with Crippen molar-refractivity contribution in [3.05, 3.63) is 53.5 Å². The SMILES string of the molecule is COC(=O)c1cnc(N(C)Cc2ccccc2C)cn1. The zero-order chi connectivity index (χ0) is 14.5. The fraction of sp³-hybridized carbons (Fsp3) is 0.267. The highest BCUT2D eigenvalue weighted by Gasteiger charge is 2.10. The zero-order valence-electron chi connectivity index (χ0n) is 11.8. The third-order valence-corrected chi connectivity index (χ3v) is 3.09. The third-order valence-electron chi connectivity index (χ3n) is 3.09. The molecule has 0 amide bonds. The highest BCUT2D eigenvalue weighted by molar-refractivity contribution is 5.86. The molecule has 0 fully saturated rings. The summed E-state index contributed by atoms with van der Waals surface area (Å²) < 4.78 is 4.59. The van der Waals surface area contributed by atoms with Gasteiger partial charge in [-0.15, -0.1) is 0 Å². The van der Waals surface area contributed by atoms with E-state index in [2.05, 4.69) is 33.8 Å². The Morgan fingerprint density at radius 3 is 2.60 bits per heavy atom. The number of hydrogen-bond donors (Lipinski definition) is 0. The number of nitrogens with zero attached hydrogens (tertiary/aromatic N) is 3. The average Bonchev–Trinajstić information content (AvgIpc) is 2.49. The number of rotatable bonds is 4. The van der Waals surface area contributed by atoms with Crippen molar-refractivity contribution in [1.82, 2.24) is 9.97 Å². The Labute approximate surface area is 118 Å². The summed E-state index contributed by atoms with van der Waals surface area (Å²) in [6.45, 7) is 2.81. The van der Waals surface area contributed by atoms with E-state index in [4.69, 9.17) is 0 Å². The molecular formula is C15H17N3O2. The monoisotopic (exact) mass is 271 g/mol. The molecule has 2 aromatic rings. The number of carbonyl (C=O) groups excluding carboxylic acids is 1. The van der Waals surface area contributed by atoms with Crippen LogP contribution in [0.4, 0.5) is 5.82 Å². The summed E-state index contributed by atoms with van der Waals surface area (Å²) in [6.07, 6.45) is 3.00. The topological polar surface area (TPSA) is 55.3 Å². The van der Waals surface area contributed by atoms with E-state index in [0.29, 0.717) is 5.82 Å². The molecule has 0 radical (unpaired) electrons. The van der Waals surface area contributed by atoms with Crippen molar-refractivity contribution >= 4 is 11.8 Å². The van der Waals surface area contributed by atoms with Crippen LogP contribution in [0.25, 0.3) is 0 Å². The van der Waals surface area contributed by atoms with Crippen LogP contribution in [0, 0.1) is 6.92 Å². The van der Waals surface area contributed by atoms with Gasteiger partial charge in [0.2, 0.25) is 0 Å². The molecule has 104 valence electrons. The molecule has 1 aromatic carbocycles. The van der Waals surface area contributed by atoms with Crippen LogP contribution in [-0.4, -0.2) is 30.1 Å². The van der Waals surface area contributed by atoms with E-state index in [1.54, 1.807) is 6.20 Å². The van der Waals surface area contributed by atoms with Gasteiger partial charge in [-0.3, -0.25) is 0 Å². The summed E-state index contributed by atoms with van der Waals surface area (Å²) >= 11 is 0. The Kier molecular flexibility index (Phi) is 4.30. The molecular weight excluding hydrogens is 254 g/mol. The van der Waals surface area contributed by atoms with Crippen molar-refractivity contribution < 1.29 is 9.53 Å². The Morgan fingerprint density at radius 2 is 2.00 bits per heavy atom. The second kappa shape index (κ2) is 6.14. The van der Waals surface area contributed by atoms with Crippen molar-refractivity contribution in [3.8, 4) is 0 Å². The molecule has 0 aliphatic rings. The first kappa shape index (κ1) is 14.0. The molecule has 0 saturated heterocycles. The number of ether oxygens (including phenoxy) is 1. The van der Waals surface area contributed by atoms with Gasteiger partial charge in [-0.05, 0) is 18.1 Å². The van der Waals surface area contributed by atoms with E-state index in [-0.39, 0.29) is 5.69 Å². The number of benzene rings is 1. The standard InChI is InChI=1S/C15H17N3O2/c1-11-6-4-5-7-12(11)10-18(2)14-9-16-13(8-17-14)15(19)20-3/h4-9H,10H2,1-3H3. The number of aromatic nitrogens is 2. The van der Waals surface area contributed by atoms with Crippen LogP contribution in [0.2, 0.25) is 0 Å². The van der Waals surface area contributed by atoms with Crippen LogP contribution < -0.4 is 4.90 Å². The molecule has 0 spiro atoms. The molecule has 1 heterocycles. The maximum atomic E-state index is 11.3. The van der Waals surface area contributed by atoms with Gasteiger partial charge in [0, 0.05) is 13.6 Å². The van der Waals surface area contributed by atoms with E-state index in [1.807, 2.05) is 24.1 Å². The first-order chi connectivity index (χ1) is 9.61. The minimum Gasteiger partial charge on any atom is -0.464 e. The lowest BCUT2D eigenvalue weighted by molar-refractivity contribution is 0.0593. The molecule has 20 heavy (non-hydrogen) atoms. The number of esters is 1. The summed E-state index contributed by atoms with van der Waals surface area (Å²) in [5.41, 5.74) is 2.67. The maximum absolute atomic E-state index is 11.3. The number of methoxy groups -OCH3 is 1. The van der Waals surface area contributed by atoms with Crippen LogP contribution >= 0.6 is 0 Å². The van der Waals surface area contributed by atoms with E-state index in [9.17, 15) is 4.79 Å². The fourth-order valence-corrected chi connectivity index (χ4v) is 1.85. The highest BCUT2D eigenvalue weighted by atomic mass is 16.5. The predicted molar refractivity (Wildman–Crippen MR) is 76.7 cm³/mol. The lowest BCUT2D eigenvalue weighted by atomic mass is 10.1. The van der Waals surface area contributed by atoms with Gasteiger partial charge in [-0.25, -0.2) is 14.8 Å². The van der Waals surface area contributed by atoms with Crippen molar-refractivity contribution in [2.24, 2.45) is 0 Å². The molecule has 0 bridgehead atoms. The summed E-state index contributed by atoms with van der Waals surface area (Å²) in [4.78, 5) is 21.6.